The van der Waals surface area contributed by atoms with Gasteiger partial charge in [0.2, 0.25) is 0 Å². The summed E-state index contributed by atoms with van der Waals surface area (Å²) in [5.74, 6) is -0.236. The number of amides is 1. The number of nitrogens with zero attached hydrogens (tertiary/aromatic N) is 1. The van der Waals surface area contributed by atoms with Crippen molar-refractivity contribution in [1.29, 1.82) is 0 Å². The zero-order chi connectivity index (χ0) is 15.4. The minimum atomic E-state index is -0.236. The van der Waals surface area contributed by atoms with Gasteiger partial charge in [0.1, 0.15) is 0 Å². The molecule has 0 aliphatic heterocycles. The molecular weight excluding hydrogens is 354 g/mol. The smallest absolute Gasteiger partial charge is 0.257 e. The van der Waals surface area contributed by atoms with E-state index in [0.717, 1.165) is 10.2 Å². The fourth-order valence-electron chi connectivity index (χ4n) is 1.82. The van der Waals surface area contributed by atoms with E-state index in [2.05, 4.69) is 31.5 Å². The summed E-state index contributed by atoms with van der Waals surface area (Å²) in [6.45, 7) is 4.04. The summed E-state index contributed by atoms with van der Waals surface area (Å²) >= 11 is 9.29. The summed E-state index contributed by atoms with van der Waals surface area (Å²) in [6, 6.07) is 9.28. The maximum atomic E-state index is 12.4. The number of rotatable bonds is 4. The number of benzene rings is 1. The third kappa shape index (κ3) is 4.19. The van der Waals surface area contributed by atoms with Crippen LogP contribution in [0.5, 0.6) is 0 Å². The molecule has 4 nitrogen and oxygen atoms in total. The Balaban J connectivity index is 2.26. The first-order valence-electron chi connectivity index (χ1n) is 6.45. The average Bonchev–Trinajstić information content (AvgIpc) is 2.42. The number of halogens is 2. The highest BCUT2D eigenvalue weighted by atomic mass is 79.9. The molecule has 0 aliphatic carbocycles. The molecule has 2 aromatic rings. The summed E-state index contributed by atoms with van der Waals surface area (Å²) in [5, 5.41) is 6.28. The van der Waals surface area contributed by atoms with Gasteiger partial charge in [-0.2, -0.15) is 0 Å². The molecule has 21 heavy (non-hydrogen) atoms. The second-order valence-electron chi connectivity index (χ2n) is 4.79. The van der Waals surface area contributed by atoms with Crippen LogP contribution >= 0.6 is 27.5 Å². The van der Waals surface area contributed by atoms with Crippen LogP contribution in [-0.4, -0.2) is 16.9 Å². The van der Waals surface area contributed by atoms with Crippen LogP contribution in [0.4, 0.5) is 11.4 Å². The predicted molar refractivity (Wildman–Crippen MR) is 90.1 cm³/mol. The fourth-order valence-corrected chi connectivity index (χ4v) is 2.30. The molecule has 2 N–H and O–H groups in total. The summed E-state index contributed by atoms with van der Waals surface area (Å²) in [6.07, 6.45) is 1.58. The highest BCUT2D eigenvalue weighted by Crippen LogP contribution is 2.25. The maximum absolute atomic E-state index is 12.4. The van der Waals surface area contributed by atoms with Crippen molar-refractivity contribution in [3.63, 3.8) is 0 Å². The van der Waals surface area contributed by atoms with Crippen molar-refractivity contribution in [3.05, 3.63) is 51.7 Å². The number of hydrogen-bond acceptors (Lipinski definition) is 3. The zero-order valence-corrected chi connectivity index (χ0v) is 14.0. The molecule has 110 valence electrons. The number of hydrogen-bond donors (Lipinski definition) is 2. The monoisotopic (exact) mass is 367 g/mol. The number of carbonyl (C=O) groups is 1. The van der Waals surface area contributed by atoms with E-state index in [4.69, 9.17) is 11.6 Å². The maximum Gasteiger partial charge on any atom is 0.257 e. The van der Waals surface area contributed by atoms with Crippen LogP contribution in [0.1, 0.15) is 24.2 Å². The first kappa shape index (κ1) is 15.8. The number of nitrogens with one attached hydrogen (secondary N) is 2. The van der Waals surface area contributed by atoms with E-state index < -0.39 is 0 Å². The molecule has 0 saturated carbocycles. The van der Waals surface area contributed by atoms with Crippen LogP contribution in [0.15, 0.2) is 41.0 Å². The van der Waals surface area contributed by atoms with Crippen molar-refractivity contribution in [2.75, 3.05) is 10.6 Å². The van der Waals surface area contributed by atoms with Crippen LogP contribution in [0.25, 0.3) is 0 Å². The van der Waals surface area contributed by atoms with E-state index in [1.165, 1.54) is 0 Å². The van der Waals surface area contributed by atoms with Gasteiger partial charge in [-0.25, -0.2) is 4.98 Å². The normalized spacial score (nSPS) is 10.5. The lowest BCUT2D eigenvalue weighted by atomic mass is 10.1. The van der Waals surface area contributed by atoms with Gasteiger partial charge in [0.05, 0.1) is 11.3 Å². The van der Waals surface area contributed by atoms with E-state index >= 15 is 0 Å². The fraction of sp³-hybridized carbons (Fsp3) is 0.200. The number of aromatic nitrogens is 1. The SMILES string of the molecule is CC(C)Nc1ccccc1C(=O)Nc1cc(Br)cnc1Cl. The lowest BCUT2D eigenvalue weighted by Crippen LogP contribution is -2.18. The second-order valence-corrected chi connectivity index (χ2v) is 6.06. The molecule has 1 amide bonds. The second kappa shape index (κ2) is 6.91. The van der Waals surface area contributed by atoms with Gasteiger partial charge in [0.15, 0.2) is 5.15 Å². The molecule has 0 bridgehead atoms. The van der Waals surface area contributed by atoms with Crippen molar-refractivity contribution in [3.8, 4) is 0 Å². The number of carbonyl (C=O) groups excluding carboxylic acids is 1. The first-order chi connectivity index (χ1) is 9.97. The van der Waals surface area contributed by atoms with Crippen LogP contribution in [0.2, 0.25) is 5.15 Å². The van der Waals surface area contributed by atoms with E-state index in [0.29, 0.717) is 11.3 Å². The van der Waals surface area contributed by atoms with Gasteiger partial charge in [0, 0.05) is 22.4 Å². The van der Waals surface area contributed by atoms with Crippen molar-refractivity contribution >= 4 is 44.8 Å². The lowest BCUT2D eigenvalue weighted by molar-refractivity contribution is 0.102. The van der Waals surface area contributed by atoms with Crippen LogP contribution in [-0.2, 0) is 0 Å². The van der Waals surface area contributed by atoms with Crippen LogP contribution < -0.4 is 10.6 Å². The molecule has 0 saturated heterocycles. The van der Waals surface area contributed by atoms with E-state index in [-0.39, 0.29) is 17.1 Å². The zero-order valence-electron chi connectivity index (χ0n) is 11.7. The molecule has 0 spiro atoms. The summed E-state index contributed by atoms with van der Waals surface area (Å²) in [7, 11) is 0. The molecule has 0 aliphatic rings. The Labute approximate surface area is 137 Å². The van der Waals surface area contributed by atoms with E-state index in [1.54, 1.807) is 18.3 Å². The molecule has 0 atom stereocenters. The van der Waals surface area contributed by atoms with Gasteiger partial charge in [-0.3, -0.25) is 4.79 Å². The van der Waals surface area contributed by atoms with Gasteiger partial charge in [-0.05, 0) is 48.0 Å². The highest BCUT2D eigenvalue weighted by Gasteiger charge is 2.13. The van der Waals surface area contributed by atoms with Gasteiger partial charge in [-0.1, -0.05) is 23.7 Å². The predicted octanol–water partition coefficient (Wildman–Crippen LogP) is 4.57. The molecule has 0 unspecified atom stereocenters. The Hall–Kier alpha value is -1.59. The first-order valence-corrected chi connectivity index (χ1v) is 7.62. The Kier molecular flexibility index (Phi) is 5.20. The van der Waals surface area contributed by atoms with E-state index in [1.807, 2.05) is 32.0 Å². The Morgan fingerprint density at radius 3 is 2.71 bits per heavy atom. The number of para-hydroxylation sites is 1. The minimum absolute atomic E-state index is 0.232. The summed E-state index contributed by atoms with van der Waals surface area (Å²) < 4.78 is 0.746. The molecule has 1 heterocycles. The van der Waals surface area contributed by atoms with E-state index in [9.17, 15) is 4.79 Å². The van der Waals surface area contributed by atoms with Crippen molar-refractivity contribution in [2.45, 2.75) is 19.9 Å². The minimum Gasteiger partial charge on any atom is -0.382 e. The quantitative estimate of drug-likeness (QED) is 0.777. The third-order valence-corrected chi connectivity index (χ3v) is 3.40. The molecule has 2 rings (SSSR count). The molecule has 0 fully saturated rings. The van der Waals surface area contributed by atoms with Crippen LogP contribution in [0.3, 0.4) is 0 Å². The van der Waals surface area contributed by atoms with Crippen molar-refractivity contribution in [2.24, 2.45) is 0 Å². The highest BCUT2D eigenvalue weighted by molar-refractivity contribution is 9.10. The van der Waals surface area contributed by atoms with Gasteiger partial charge >= 0.3 is 0 Å². The van der Waals surface area contributed by atoms with Crippen molar-refractivity contribution < 1.29 is 4.79 Å². The summed E-state index contributed by atoms with van der Waals surface area (Å²) in [4.78, 5) is 16.4. The largest absolute Gasteiger partial charge is 0.382 e. The Bertz CT molecular complexity index is 661. The summed E-state index contributed by atoms with van der Waals surface area (Å²) in [5.41, 5.74) is 1.81. The topological polar surface area (TPSA) is 54.0 Å². The standard InChI is InChI=1S/C15H15BrClN3O/c1-9(2)19-12-6-4-3-5-11(12)15(21)20-13-7-10(16)8-18-14(13)17/h3-9,19H,1-2H3,(H,20,21). The number of anilines is 2. The third-order valence-electron chi connectivity index (χ3n) is 2.67. The molecule has 1 aromatic heterocycles. The average molecular weight is 369 g/mol. The van der Waals surface area contributed by atoms with Gasteiger partial charge in [0.25, 0.3) is 5.91 Å². The van der Waals surface area contributed by atoms with Gasteiger partial charge in [-0.15, -0.1) is 0 Å². The Morgan fingerprint density at radius 2 is 2.00 bits per heavy atom. The van der Waals surface area contributed by atoms with Crippen LogP contribution in [0, 0.1) is 0 Å². The van der Waals surface area contributed by atoms with Gasteiger partial charge < -0.3 is 10.6 Å². The molecule has 1 aromatic carbocycles. The lowest BCUT2D eigenvalue weighted by Gasteiger charge is -2.15. The number of pyridine rings is 1. The van der Waals surface area contributed by atoms with Crippen molar-refractivity contribution in [1.82, 2.24) is 4.98 Å². The Morgan fingerprint density at radius 1 is 1.29 bits per heavy atom. The molecule has 0 radical (unpaired) electrons. The molecule has 6 heteroatoms. The molecular formula is C15H15BrClN3O.